The van der Waals surface area contributed by atoms with E-state index in [4.69, 9.17) is 9.47 Å². The van der Waals surface area contributed by atoms with E-state index < -0.39 is 0 Å². The zero-order valence-corrected chi connectivity index (χ0v) is 12.7. The summed E-state index contributed by atoms with van der Waals surface area (Å²) in [4.78, 5) is 11.5. The van der Waals surface area contributed by atoms with Crippen molar-refractivity contribution < 1.29 is 14.3 Å². The van der Waals surface area contributed by atoms with Gasteiger partial charge in [0.05, 0.1) is 12.7 Å². The molecule has 0 amide bonds. The molecule has 0 unspecified atom stereocenters. The Hall–Kier alpha value is -2.29. The van der Waals surface area contributed by atoms with Crippen LogP contribution in [0.25, 0.3) is 0 Å². The summed E-state index contributed by atoms with van der Waals surface area (Å²) in [5.41, 5.74) is 2.99. The fourth-order valence-corrected chi connectivity index (χ4v) is 2.09. The number of hydrogen-bond acceptors (Lipinski definition) is 3. The number of methoxy groups -OCH3 is 1. The van der Waals surface area contributed by atoms with Crippen LogP contribution in [0.4, 0.5) is 0 Å². The summed E-state index contributed by atoms with van der Waals surface area (Å²) >= 11 is 0. The topological polar surface area (TPSA) is 35.5 Å². The van der Waals surface area contributed by atoms with E-state index in [1.807, 2.05) is 0 Å². The van der Waals surface area contributed by atoms with Crippen LogP contribution in [0.3, 0.4) is 0 Å². The van der Waals surface area contributed by atoms with Gasteiger partial charge >= 0.3 is 0 Å². The van der Waals surface area contributed by atoms with Gasteiger partial charge in [0.15, 0.2) is 5.78 Å². The van der Waals surface area contributed by atoms with Gasteiger partial charge in [-0.15, -0.1) is 0 Å². The summed E-state index contributed by atoms with van der Waals surface area (Å²) < 4.78 is 11.0. The number of carbonyl (C=O) groups is 1. The van der Waals surface area contributed by atoms with Gasteiger partial charge in [-0.3, -0.25) is 4.79 Å². The maximum atomic E-state index is 11.5. The molecule has 0 aliphatic carbocycles. The summed E-state index contributed by atoms with van der Waals surface area (Å²) in [6.45, 7) is 4.15. The summed E-state index contributed by atoms with van der Waals surface area (Å²) in [7, 11) is 1.55. The molecule has 2 rings (SSSR count). The Morgan fingerprint density at radius 3 is 2.29 bits per heavy atom. The highest BCUT2D eigenvalue weighted by atomic mass is 16.5. The molecule has 0 radical (unpaired) electrons. The molecule has 3 nitrogen and oxygen atoms in total. The van der Waals surface area contributed by atoms with Crippen molar-refractivity contribution in [2.75, 3.05) is 7.11 Å². The SMILES string of the molecule is CCc1ccc(COc2ccc(C(C)=O)c(OC)c2)cc1. The third-order valence-corrected chi connectivity index (χ3v) is 3.39. The van der Waals surface area contributed by atoms with E-state index in [-0.39, 0.29) is 5.78 Å². The number of hydrogen-bond donors (Lipinski definition) is 0. The first-order valence-electron chi connectivity index (χ1n) is 7.03. The zero-order valence-electron chi connectivity index (χ0n) is 12.7. The average molecular weight is 284 g/mol. The van der Waals surface area contributed by atoms with Crippen LogP contribution in [0.1, 0.15) is 35.3 Å². The Bertz CT molecular complexity index is 615. The molecule has 0 bridgehead atoms. The van der Waals surface area contributed by atoms with Gasteiger partial charge in [-0.2, -0.15) is 0 Å². The molecule has 0 saturated carbocycles. The van der Waals surface area contributed by atoms with Crippen molar-refractivity contribution in [1.29, 1.82) is 0 Å². The largest absolute Gasteiger partial charge is 0.496 e. The molecular formula is C18H20O3. The molecule has 3 heteroatoms. The first-order valence-corrected chi connectivity index (χ1v) is 7.03. The van der Waals surface area contributed by atoms with Crippen LogP contribution in [0.15, 0.2) is 42.5 Å². The van der Waals surface area contributed by atoms with E-state index in [2.05, 4.69) is 31.2 Å². The van der Waals surface area contributed by atoms with Gasteiger partial charge < -0.3 is 9.47 Å². The lowest BCUT2D eigenvalue weighted by Crippen LogP contribution is -2.00. The molecule has 110 valence electrons. The smallest absolute Gasteiger partial charge is 0.163 e. The highest BCUT2D eigenvalue weighted by Gasteiger charge is 2.09. The first-order chi connectivity index (χ1) is 10.1. The Labute approximate surface area is 125 Å². The number of benzene rings is 2. The van der Waals surface area contributed by atoms with Crippen LogP contribution >= 0.6 is 0 Å². The molecule has 0 atom stereocenters. The number of ether oxygens (including phenoxy) is 2. The predicted molar refractivity (Wildman–Crippen MR) is 83.2 cm³/mol. The van der Waals surface area contributed by atoms with Gasteiger partial charge in [0.2, 0.25) is 0 Å². The third kappa shape index (κ3) is 3.85. The van der Waals surface area contributed by atoms with Crippen molar-refractivity contribution in [3.63, 3.8) is 0 Å². The van der Waals surface area contributed by atoms with E-state index in [0.717, 1.165) is 12.0 Å². The summed E-state index contributed by atoms with van der Waals surface area (Å²) in [6, 6.07) is 13.6. The van der Waals surface area contributed by atoms with Crippen molar-refractivity contribution in [2.45, 2.75) is 26.9 Å². The Morgan fingerprint density at radius 2 is 1.71 bits per heavy atom. The first kappa shape index (κ1) is 15.1. The maximum absolute atomic E-state index is 11.5. The fraction of sp³-hybridized carbons (Fsp3) is 0.278. The minimum absolute atomic E-state index is 0.0199. The van der Waals surface area contributed by atoms with E-state index >= 15 is 0 Å². The number of aryl methyl sites for hydroxylation is 1. The lowest BCUT2D eigenvalue weighted by atomic mass is 10.1. The Morgan fingerprint density at radius 1 is 1.05 bits per heavy atom. The van der Waals surface area contributed by atoms with Crippen LogP contribution in [-0.2, 0) is 13.0 Å². The minimum Gasteiger partial charge on any atom is -0.496 e. The van der Waals surface area contributed by atoms with Gasteiger partial charge in [-0.1, -0.05) is 31.2 Å². The monoisotopic (exact) mass is 284 g/mol. The molecule has 0 aliphatic heterocycles. The Balaban J connectivity index is 2.07. The second-order valence-corrected chi connectivity index (χ2v) is 4.88. The molecule has 0 saturated heterocycles. The fourth-order valence-electron chi connectivity index (χ4n) is 2.09. The van der Waals surface area contributed by atoms with Crippen LogP contribution < -0.4 is 9.47 Å². The lowest BCUT2D eigenvalue weighted by molar-refractivity contribution is 0.101. The van der Waals surface area contributed by atoms with Crippen molar-refractivity contribution in [3.05, 3.63) is 59.2 Å². The van der Waals surface area contributed by atoms with Gasteiger partial charge in [0, 0.05) is 6.07 Å². The number of rotatable bonds is 6. The molecule has 21 heavy (non-hydrogen) atoms. The van der Waals surface area contributed by atoms with Crippen LogP contribution in [0.2, 0.25) is 0 Å². The maximum Gasteiger partial charge on any atom is 0.163 e. The zero-order chi connectivity index (χ0) is 15.2. The average Bonchev–Trinajstić information content (AvgIpc) is 2.52. The number of ketones is 1. The molecule has 0 spiro atoms. The lowest BCUT2D eigenvalue weighted by Gasteiger charge is -2.10. The molecule has 0 fully saturated rings. The van der Waals surface area contributed by atoms with Crippen LogP contribution in [-0.4, -0.2) is 12.9 Å². The van der Waals surface area contributed by atoms with Crippen LogP contribution in [0, 0.1) is 0 Å². The van der Waals surface area contributed by atoms with Crippen molar-refractivity contribution in [3.8, 4) is 11.5 Å². The van der Waals surface area contributed by atoms with Gasteiger partial charge in [-0.05, 0) is 36.6 Å². The molecule has 2 aromatic carbocycles. The number of carbonyl (C=O) groups excluding carboxylic acids is 1. The highest BCUT2D eigenvalue weighted by Crippen LogP contribution is 2.25. The number of Topliss-reactive ketones (excluding diaryl/α,β-unsaturated/α-hetero) is 1. The second-order valence-electron chi connectivity index (χ2n) is 4.88. The minimum atomic E-state index is -0.0199. The molecule has 0 aromatic heterocycles. The van der Waals surface area contributed by atoms with E-state index in [1.165, 1.54) is 12.5 Å². The van der Waals surface area contributed by atoms with Crippen molar-refractivity contribution in [1.82, 2.24) is 0 Å². The second kappa shape index (κ2) is 6.93. The molecular weight excluding hydrogens is 264 g/mol. The van der Waals surface area contributed by atoms with Gasteiger partial charge in [0.1, 0.15) is 18.1 Å². The quantitative estimate of drug-likeness (QED) is 0.751. The standard InChI is InChI=1S/C18H20O3/c1-4-14-5-7-15(8-6-14)12-21-16-9-10-17(13(2)19)18(11-16)20-3/h5-11H,4,12H2,1-3H3. The highest BCUT2D eigenvalue weighted by molar-refractivity contribution is 5.97. The van der Waals surface area contributed by atoms with Gasteiger partial charge in [-0.25, -0.2) is 0 Å². The van der Waals surface area contributed by atoms with Crippen molar-refractivity contribution >= 4 is 5.78 Å². The third-order valence-electron chi connectivity index (χ3n) is 3.39. The van der Waals surface area contributed by atoms with E-state index in [9.17, 15) is 4.79 Å². The summed E-state index contributed by atoms with van der Waals surface area (Å²) in [5.74, 6) is 1.21. The van der Waals surface area contributed by atoms with Crippen LogP contribution in [0.5, 0.6) is 11.5 Å². The predicted octanol–water partition coefficient (Wildman–Crippen LogP) is 4.04. The Kier molecular flexibility index (Phi) is 4.99. The summed E-state index contributed by atoms with van der Waals surface area (Å²) in [6.07, 6.45) is 1.03. The van der Waals surface area contributed by atoms with E-state index in [1.54, 1.807) is 25.3 Å². The molecule has 0 aliphatic rings. The van der Waals surface area contributed by atoms with E-state index in [0.29, 0.717) is 23.7 Å². The van der Waals surface area contributed by atoms with Crippen molar-refractivity contribution in [2.24, 2.45) is 0 Å². The normalized spacial score (nSPS) is 10.2. The van der Waals surface area contributed by atoms with Gasteiger partial charge in [0.25, 0.3) is 0 Å². The summed E-state index contributed by atoms with van der Waals surface area (Å²) in [5, 5.41) is 0. The molecule has 0 heterocycles. The molecule has 2 aromatic rings. The molecule has 0 N–H and O–H groups in total.